The molecule has 0 aromatic heterocycles. The Hall–Kier alpha value is -1.03. The molecule has 0 rings (SSSR count). The van der Waals surface area contributed by atoms with Crippen molar-refractivity contribution in [1.29, 1.82) is 0 Å². The first-order valence-electron chi connectivity index (χ1n) is 3.58. The van der Waals surface area contributed by atoms with E-state index in [9.17, 15) is 26.4 Å². The van der Waals surface area contributed by atoms with Gasteiger partial charge in [-0.05, 0) is 0 Å². The van der Waals surface area contributed by atoms with Crippen molar-refractivity contribution in [3.05, 3.63) is 0 Å². The molecule has 90 valence electrons. The molecule has 0 aliphatic rings. The van der Waals surface area contributed by atoms with E-state index in [0.29, 0.717) is 0 Å². The lowest BCUT2D eigenvalue weighted by Gasteiger charge is -2.08. The highest BCUT2D eigenvalue weighted by Crippen LogP contribution is 2.14. The van der Waals surface area contributed by atoms with Crippen LogP contribution in [0.2, 0.25) is 0 Å². The number of hydrogen-bond donors (Lipinski definition) is 2. The number of sulfonamides is 1. The first-order valence-corrected chi connectivity index (χ1v) is 5.29. The summed E-state index contributed by atoms with van der Waals surface area (Å²) in [7, 11) is -3.76. The molecule has 0 atom stereocenters. The normalized spacial score (nSPS) is 12.3. The molecule has 0 heterocycles. The zero-order chi connectivity index (χ0) is 12.1. The van der Waals surface area contributed by atoms with Crippen molar-refractivity contribution in [3.63, 3.8) is 0 Å². The molecule has 0 aliphatic heterocycles. The van der Waals surface area contributed by atoms with Gasteiger partial charge in [0.05, 0.1) is 5.75 Å². The quantitative estimate of drug-likeness (QED) is 0.706. The van der Waals surface area contributed by atoms with Crippen LogP contribution in [0.4, 0.5) is 18.0 Å². The molecular weight excluding hydrogens is 241 g/mol. The molecule has 1 amide bonds. The van der Waals surface area contributed by atoms with Crippen LogP contribution < -0.4 is 10.5 Å². The van der Waals surface area contributed by atoms with E-state index in [1.54, 1.807) is 5.32 Å². The summed E-state index contributed by atoms with van der Waals surface area (Å²) in [6, 6.07) is 0. The van der Waals surface area contributed by atoms with E-state index in [4.69, 9.17) is 0 Å². The third kappa shape index (κ3) is 10.9. The van der Waals surface area contributed by atoms with Crippen molar-refractivity contribution >= 4 is 16.1 Å². The lowest BCUT2D eigenvalue weighted by molar-refractivity contribution is -0.160. The molecule has 0 saturated carbocycles. The predicted molar refractivity (Wildman–Crippen MR) is 43.4 cm³/mol. The molecule has 15 heavy (non-hydrogen) atoms. The second-order valence-corrected chi connectivity index (χ2v) is 4.22. The number of rotatable bonds is 4. The van der Waals surface area contributed by atoms with E-state index >= 15 is 0 Å². The van der Waals surface area contributed by atoms with Gasteiger partial charge in [-0.15, -0.1) is 0 Å². The highest BCUT2D eigenvalue weighted by molar-refractivity contribution is 7.89. The molecule has 0 spiro atoms. The Balaban J connectivity index is 3.69. The van der Waals surface area contributed by atoms with E-state index in [0.717, 1.165) is 0 Å². The van der Waals surface area contributed by atoms with Crippen LogP contribution >= 0.6 is 0 Å². The van der Waals surface area contributed by atoms with Crippen LogP contribution in [0.3, 0.4) is 0 Å². The molecule has 0 aliphatic carbocycles. The third-order valence-corrected chi connectivity index (χ3v) is 1.80. The van der Waals surface area contributed by atoms with E-state index in [2.05, 4.69) is 9.88 Å². The molecule has 6 nitrogen and oxygen atoms in total. The molecule has 0 fully saturated rings. The maximum absolute atomic E-state index is 11.5. The average Bonchev–Trinajstić information content (AvgIpc) is 1.97. The average molecular weight is 250 g/mol. The number of halogens is 3. The van der Waals surface area contributed by atoms with Crippen molar-refractivity contribution in [2.75, 3.05) is 18.9 Å². The number of ether oxygens (including phenoxy) is 1. The van der Waals surface area contributed by atoms with Crippen molar-refractivity contribution in [2.45, 2.75) is 6.18 Å². The minimum Gasteiger partial charge on any atom is -0.440 e. The Morgan fingerprint density at radius 1 is 1.40 bits per heavy atom. The Morgan fingerprint density at radius 3 is 2.33 bits per heavy atom. The number of nitrogens with two attached hydrogens (primary N) is 1. The summed E-state index contributed by atoms with van der Waals surface area (Å²) in [5.74, 6) is -0.575. The second kappa shape index (κ2) is 5.16. The number of hydrogen-bond acceptors (Lipinski definition) is 4. The summed E-state index contributed by atoms with van der Waals surface area (Å²) in [4.78, 5) is 10.5. The topological polar surface area (TPSA) is 98.5 Å². The summed E-state index contributed by atoms with van der Waals surface area (Å²) in [5.41, 5.74) is 0. The van der Waals surface area contributed by atoms with Crippen LogP contribution in [0.15, 0.2) is 0 Å². The molecule has 0 aromatic rings. The van der Waals surface area contributed by atoms with E-state index in [-0.39, 0.29) is 0 Å². The number of primary sulfonamides is 1. The Morgan fingerprint density at radius 2 is 1.93 bits per heavy atom. The van der Waals surface area contributed by atoms with E-state index < -0.39 is 41.2 Å². The Bertz CT molecular complexity index is 313. The summed E-state index contributed by atoms with van der Waals surface area (Å²) in [6.07, 6.45) is -5.96. The van der Waals surface area contributed by atoms with Gasteiger partial charge in [0.2, 0.25) is 10.0 Å². The van der Waals surface area contributed by atoms with Gasteiger partial charge in [-0.3, -0.25) is 0 Å². The Kier molecular flexibility index (Phi) is 4.81. The fraction of sp³-hybridized carbons (Fsp3) is 0.800. The number of carbonyl (C=O) groups is 1. The van der Waals surface area contributed by atoms with Crippen molar-refractivity contribution in [3.8, 4) is 0 Å². The minimum absolute atomic E-state index is 0.407. The van der Waals surface area contributed by atoms with Crippen LogP contribution in [0.1, 0.15) is 0 Å². The summed E-state index contributed by atoms with van der Waals surface area (Å²) < 4.78 is 58.9. The fourth-order valence-corrected chi connectivity index (χ4v) is 0.880. The number of alkyl carbamates (subject to hydrolysis) is 1. The summed E-state index contributed by atoms with van der Waals surface area (Å²) >= 11 is 0. The lowest BCUT2D eigenvalue weighted by Crippen LogP contribution is -2.33. The number of carbonyl (C=O) groups excluding carboxylic acids is 1. The number of amides is 1. The van der Waals surface area contributed by atoms with Gasteiger partial charge < -0.3 is 10.1 Å². The maximum atomic E-state index is 11.5. The lowest BCUT2D eigenvalue weighted by atomic mass is 10.7. The van der Waals surface area contributed by atoms with Gasteiger partial charge in [-0.25, -0.2) is 18.4 Å². The standard InChI is InChI=1S/C5H9F3N2O4S/c6-5(7,8)3-14-4(11)10-1-2-15(9,12)13/h1-3H2,(H,10,11)(H2,9,12,13). The predicted octanol–water partition coefficient (Wildman–Crippen LogP) is -0.437. The highest BCUT2D eigenvalue weighted by atomic mass is 32.2. The SMILES string of the molecule is NS(=O)(=O)CCNC(=O)OCC(F)(F)F. The number of nitrogens with one attached hydrogen (secondary N) is 1. The van der Waals surface area contributed by atoms with Gasteiger partial charge in [-0.1, -0.05) is 0 Å². The molecule has 0 saturated heterocycles. The van der Waals surface area contributed by atoms with Crippen molar-refractivity contribution < 1.29 is 31.1 Å². The van der Waals surface area contributed by atoms with Crippen LogP contribution in [-0.4, -0.2) is 39.6 Å². The molecule has 0 unspecified atom stereocenters. The van der Waals surface area contributed by atoms with Gasteiger partial charge in [0.25, 0.3) is 0 Å². The van der Waals surface area contributed by atoms with Gasteiger partial charge in [0.1, 0.15) is 0 Å². The highest BCUT2D eigenvalue weighted by Gasteiger charge is 2.29. The molecule has 0 aromatic carbocycles. The summed E-state index contributed by atoms with van der Waals surface area (Å²) in [6.45, 7) is -2.14. The van der Waals surface area contributed by atoms with Crippen LogP contribution in [0.25, 0.3) is 0 Å². The Labute approximate surface area is 83.6 Å². The van der Waals surface area contributed by atoms with Crippen LogP contribution in [0, 0.1) is 0 Å². The van der Waals surface area contributed by atoms with Crippen molar-refractivity contribution in [2.24, 2.45) is 5.14 Å². The second-order valence-electron chi connectivity index (χ2n) is 2.49. The first-order chi connectivity index (χ1) is 6.60. The molecule has 3 N–H and O–H groups in total. The van der Waals surface area contributed by atoms with Gasteiger partial charge in [-0.2, -0.15) is 13.2 Å². The van der Waals surface area contributed by atoms with Gasteiger partial charge >= 0.3 is 12.3 Å². The zero-order valence-electron chi connectivity index (χ0n) is 7.37. The van der Waals surface area contributed by atoms with E-state index in [1.807, 2.05) is 0 Å². The zero-order valence-corrected chi connectivity index (χ0v) is 8.19. The molecular formula is C5H9F3N2O4S. The van der Waals surface area contributed by atoms with Gasteiger partial charge in [0.15, 0.2) is 6.61 Å². The first kappa shape index (κ1) is 14.0. The molecule has 0 radical (unpaired) electrons. The van der Waals surface area contributed by atoms with Crippen LogP contribution in [-0.2, 0) is 14.8 Å². The molecule has 0 bridgehead atoms. The van der Waals surface area contributed by atoms with Gasteiger partial charge in [0, 0.05) is 6.54 Å². The molecule has 10 heteroatoms. The smallest absolute Gasteiger partial charge is 0.422 e. The summed E-state index contributed by atoms with van der Waals surface area (Å²) in [5, 5.41) is 6.36. The maximum Gasteiger partial charge on any atom is 0.422 e. The van der Waals surface area contributed by atoms with Crippen LogP contribution in [0.5, 0.6) is 0 Å². The monoisotopic (exact) mass is 250 g/mol. The fourth-order valence-electron chi connectivity index (χ4n) is 0.494. The minimum atomic E-state index is -4.61. The third-order valence-electron chi connectivity index (χ3n) is 1.02. The largest absolute Gasteiger partial charge is 0.440 e. The van der Waals surface area contributed by atoms with E-state index in [1.165, 1.54) is 0 Å². The van der Waals surface area contributed by atoms with Crippen molar-refractivity contribution in [1.82, 2.24) is 5.32 Å². The number of alkyl halides is 3.